The summed E-state index contributed by atoms with van der Waals surface area (Å²) in [6, 6.07) is 8.34. The van der Waals surface area contributed by atoms with Gasteiger partial charge in [-0.1, -0.05) is 12.1 Å². The van der Waals surface area contributed by atoms with Gasteiger partial charge in [0.1, 0.15) is 11.6 Å². The molecule has 1 aliphatic rings. The molecule has 1 N–H and O–H groups in total. The lowest BCUT2D eigenvalue weighted by Gasteiger charge is -2.32. The van der Waals surface area contributed by atoms with E-state index in [9.17, 15) is 9.18 Å². The molecule has 0 radical (unpaired) electrons. The quantitative estimate of drug-likeness (QED) is 0.815. The number of hydrogen-bond donors (Lipinski definition) is 1. The van der Waals surface area contributed by atoms with Crippen molar-refractivity contribution in [2.75, 3.05) is 42.9 Å². The van der Waals surface area contributed by atoms with Crippen molar-refractivity contribution < 1.29 is 9.18 Å². The van der Waals surface area contributed by atoms with E-state index in [0.29, 0.717) is 25.6 Å². The van der Waals surface area contributed by atoms with Gasteiger partial charge in [0.05, 0.1) is 0 Å². The molecule has 0 bridgehead atoms. The molecule has 2 heterocycles. The van der Waals surface area contributed by atoms with E-state index < -0.39 is 0 Å². The molecule has 0 spiro atoms. The number of nitrogens with one attached hydrogen (secondary N) is 1. The Labute approximate surface area is 140 Å². The zero-order valence-corrected chi connectivity index (χ0v) is 13.4. The number of aromatic nitrogens is 2. The van der Waals surface area contributed by atoms with Gasteiger partial charge in [0.2, 0.25) is 12.4 Å². The second-order valence-electron chi connectivity index (χ2n) is 5.67. The minimum atomic E-state index is -0.221. The number of anilines is 2. The fourth-order valence-electron chi connectivity index (χ4n) is 2.61. The summed E-state index contributed by atoms with van der Waals surface area (Å²) in [5, 5.41) is 3.27. The van der Waals surface area contributed by atoms with Gasteiger partial charge in [-0.25, -0.2) is 9.37 Å². The maximum atomic E-state index is 12.9. The summed E-state index contributed by atoms with van der Waals surface area (Å²) >= 11 is 0. The fourth-order valence-corrected chi connectivity index (χ4v) is 2.61. The maximum absolute atomic E-state index is 12.9. The summed E-state index contributed by atoms with van der Waals surface area (Å²) in [5.74, 6) is 1.22. The first-order chi connectivity index (χ1) is 11.7. The standard InChI is InChI=1S/C17H20FN5O/c18-15-3-1-14(2-4-15)5-7-19-16-6-8-20-17(21-16)23-11-9-22(13-24)10-12-23/h1-4,6,8,13H,5,7,9-12H2,(H,19,20,21). The van der Waals surface area contributed by atoms with E-state index in [0.717, 1.165) is 37.3 Å². The molecule has 1 aromatic heterocycles. The molecule has 0 unspecified atom stereocenters. The number of hydrogen-bond acceptors (Lipinski definition) is 5. The van der Waals surface area contributed by atoms with E-state index in [1.54, 1.807) is 23.2 Å². The predicted molar refractivity (Wildman–Crippen MR) is 90.5 cm³/mol. The van der Waals surface area contributed by atoms with Gasteiger partial charge in [0.15, 0.2) is 0 Å². The zero-order chi connectivity index (χ0) is 16.8. The molecule has 3 rings (SSSR count). The number of carbonyl (C=O) groups excluding carboxylic acids is 1. The molecule has 1 fully saturated rings. The van der Waals surface area contributed by atoms with Crippen LogP contribution in [0.25, 0.3) is 0 Å². The average molecular weight is 329 g/mol. The van der Waals surface area contributed by atoms with Crippen LogP contribution < -0.4 is 10.2 Å². The highest BCUT2D eigenvalue weighted by molar-refractivity contribution is 5.49. The Morgan fingerprint density at radius 2 is 1.88 bits per heavy atom. The number of carbonyl (C=O) groups is 1. The number of nitrogens with zero attached hydrogens (tertiary/aromatic N) is 4. The van der Waals surface area contributed by atoms with Crippen LogP contribution in [0.5, 0.6) is 0 Å². The number of rotatable bonds is 6. The van der Waals surface area contributed by atoms with Gasteiger partial charge < -0.3 is 15.1 Å². The zero-order valence-electron chi connectivity index (χ0n) is 13.4. The van der Waals surface area contributed by atoms with Crippen molar-refractivity contribution in [3.63, 3.8) is 0 Å². The highest BCUT2D eigenvalue weighted by atomic mass is 19.1. The Bertz CT molecular complexity index is 671. The normalized spacial score (nSPS) is 14.5. The van der Waals surface area contributed by atoms with Gasteiger partial charge in [0, 0.05) is 38.9 Å². The number of halogens is 1. The predicted octanol–water partition coefficient (Wildman–Crippen LogP) is 1.55. The van der Waals surface area contributed by atoms with Gasteiger partial charge >= 0.3 is 0 Å². The molecular weight excluding hydrogens is 309 g/mol. The summed E-state index contributed by atoms with van der Waals surface area (Å²) in [4.78, 5) is 23.4. The summed E-state index contributed by atoms with van der Waals surface area (Å²) in [7, 11) is 0. The molecule has 1 aliphatic heterocycles. The van der Waals surface area contributed by atoms with E-state index in [1.165, 1.54) is 12.1 Å². The first kappa shape index (κ1) is 16.2. The fraction of sp³-hybridized carbons (Fsp3) is 0.353. The summed E-state index contributed by atoms with van der Waals surface area (Å²) < 4.78 is 12.9. The van der Waals surface area contributed by atoms with Crippen LogP contribution in [0.15, 0.2) is 36.5 Å². The van der Waals surface area contributed by atoms with Gasteiger partial charge in [-0.3, -0.25) is 4.79 Å². The molecule has 2 aromatic rings. The van der Waals surface area contributed by atoms with Crippen molar-refractivity contribution >= 4 is 18.2 Å². The third-order valence-corrected chi connectivity index (χ3v) is 4.02. The molecule has 0 aliphatic carbocycles. The second-order valence-corrected chi connectivity index (χ2v) is 5.67. The van der Waals surface area contributed by atoms with Gasteiger partial charge in [-0.05, 0) is 30.2 Å². The van der Waals surface area contributed by atoms with E-state index >= 15 is 0 Å². The van der Waals surface area contributed by atoms with Crippen molar-refractivity contribution in [1.29, 1.82) is 0 Å². The van der Waals surface area contributed by atoms with Crippen molar-refractivity contribution in [2.24, 2.45) is 0 Å². The molecule has 1 aromatic carbocycles. The maximum Gasteiger partial charge on any atom is 0.227 e. The number of benzene rings is 1. The monoisotopic (exact) mass is 329 g/mol. The Hall–Kier alpha value is -2.70. The van der Waals surface area contributed by atoms with Crippen LogP contribution in [0.4, 0.5) is 16.2 Å². The molecule has 0 atom stereocenters. The topological polar surface area (TPSA) is 61.4 Å². The van der Waals surface area contributed by atoms with Crippen LogP contribution in [-0.2, 0) is 11.2 Å². The third-order valence-electron chi connectivity index (χ3n) is 4.02. The average Bonchev–Trinajstić information content (AvgIpc) is 2.64. The summed E-state index contributed by atoms with van der Waals surface area (Å²) in [5.41, 5.74) is 1.07. The lowest BCUT2D eigenvalue weighted by atomic mass is 10.1. The van der Waals surface area contributed by atoms with E-state index in [-0.39, 0.29) is 5.82 Å². The molecule has 1 amide bonds. The minimum Gasteiger partial charge on any atom is -0.370 e. The van der Waals surface area contributed by atoms with Crippen LogP contribution in [0, 0.1) is 5.82 Å². The van der Waals surface area contributed by atoms with Crippen molar-refractivity contribution in [2.45, 2.75) is 6.42 Å². The SMILES string of the molecule is O=CN1CCN(c2nccc(NCCc3ccc(F)cc3)n2)CC1. The van der Waals surface area contributed by atoms with Gasteiger partial charge in [-0.2, -0.15) is 4.98 Å². The van der Waals surface area contributed by atoms with Crippen molar-refractivity contribution in [3.8, 4) is 0 Å². The number of piperazine rings is 1. The van der Waals surface area contributed by atoms with Gasteiger partial charge in [-0.15, -0.1) is 0 Å². The van der Waals surface area contributed by atoms with E-state index in [1.807, 2.05) is 6.07 Å². The van der Waals surface area contributed by atoms with Crippen LogP contribution in [0.3, 0.4) is 0 Å². The van der Waals surface area contributed by atoms with E-state index in [2.05, 4.69) is 20.2 Å². The Balaban J connectivity index is 1.53. The Morgan fingerprint density at radius 1 is 1.12 bits per heavy atom. The molecule has 0 saturated carbocycles. The molecule has 7 heteroatoms. The van der Waals surface area contributed by atoms with Crippen molar-refractivity contribution in [3.05, 3.63) is 47.9 Å². The highest BCUT2D eigenvalue weighted by Gasteiger charge is 2.17. The third kappa shape index (κ3) is 4.18. The molecule has 126 valence electrons. The molecule has 24 heavy (non-hydrogen) atoms. The van der Waals surface area contributed by atoms with Crippen molar-refractivity contribution in [1.82, 2.24) is 14.9 Å². The first-order valence-corrected chi connectivity index (χ1v) is 8.00. The van der Waals surface area contributed by atoms with Crippen LogP contribution >= 0.6 is 0 Å². The summed E-state index contributed by atoms with van der Waals surface area (Å²) in [6.45, 7) is 3.56. The Morgan fingerprint density at radius 3 is 2.58 bits per heavy atom. The summed E-state index contributed by atoms with van der Waals surface area (Å²) in [6.07, 6.45) is 3.40. The van der Waals surface area contributed by atoms with E-state index in [4.69, 9.17) is 0 Å². The second kappa shape index (κ2) is 7.72. The smallest absolute Gasteiger partial charge is 0.227 e. The van der Waals surface area contributed by atoms with Crippen LogP contribution in [0.2, 0.25) is 0 Å². The largest absolute Gasteiger partial charge is 0.370 e. The lowest BCUT2D eigenvalue weighted by Crippen LogP contribution is -2.46. The first-order valence-electron chi connectivity index (χ1n) is 8.00. The highest BCUT2D eigenvalue weighted by Crippen LogP contribution is 2.13. The molecular formula is C17H20FN5O. The van der Waals surface area contributed by atoms with Crippen LogP contribution in [0.1, 0.15) is 5.56 Å². The molecule has 1 saturated heterocycles. The molecule has 6 nitrogen and oxygen atoms in total. The van der Waals surface area contributed by atoms with Crippen LogP contribution in [-0.4, -0.2) is 54.0 Å². The minimum absolute atomic E-state index is 0.221. The lowest BCUT2D eigenvalue weighted by molar-refractivity contribution is -0.118. The Kier molecular flexibility index (Phi) is 5.20. The number of amides is 1. The van der Waals surface area contributed by atoms with Gasteiger partial charge in [0.25, 0.3) is 0 Å².